The van der Waals surface area contributed by atoms with Gasteiger partial charge in [0.25, 0.3) is 11.8 Å². The van der Waals surface area contributed by atoms with Crippen LogP contribution in [-0.4, -0.2) is 46.4 Å². The number of benzene rings is 2. The summed E-state index contributed by atoms with van der Waals surface area (Å²) in [5.41, 5.74) is 8.86. The van der Waals surface area contributed by atoms with Gasteiger partial charge in [0.2, 0.25) is 0 Å². The van der Waals surface area contributed by atoms with Gasteiger partial charge in [-0.05, 0) is 49.4 Å². The van der Waals surface area contributed by atoms with Crippen LogP contribution in [0.5, 0.6) is 0 Å². The van der Waals surface area contributed by atoms with Crippen molar-refractivity contribution in [1.82, 2.24) is 14.7 Å². The molecule has 2 aromatic carbocycles. The van der Waals surface area contributed by atoms with Gasteiger partial charge in [-0.2, -0.15) is 5.10 Å². The number of amidine groups is 1. The minimum absolute atomic E-state index is 0.0610. The highest BCUT2D eigenvalue weighted by molar-refractivity contribution is 6.04. The SMILES string of the molecule is Cc1cc(C(=O)Nc2ccc(C(=O)N(C)C)cc2)n(-c2cccc(C(=N)N)c2)n1. The van der Waals surface area contributed by atoms with E-state index in [-0.39, 0.29) is 17.6 Å². The van der Waals surface area contributed by atoms with E-state index in [1.165, 1.54) is 9.58 Å². The van der Waals surface area contributed by atoms with E-state index in [1.807, 2.05) is 0 Å². The van der Waals surface area contributed by atoms with Crippen molar-refractivity contribution in [3.05, 3.63) is 77.1 Å². The van der Waals surface area contributed by atoms with Crippen LogP contribution in [0.15, 0.2) is 54.6 Å². The van der Waals surface area contributed by atoms with Crippen LogP contribution in [0.3, 0.4) is 0 Å². The molecule has 0 bridgehead atoms. The molecular formula is C21H22N6O2. The second-order valence-corrected chi connectivity index (χ2v) is 6.78. The maximum absolute atomic E-state index is 12.9. The number of hydrogen-bond donors (Lipinski definition) is 3. The molecule has 0 fully saturated rings. The van der Waals surface area contributed by atoms with Crippen molar-refractivity contribution < 1.29 is 9.59 Å². The predicted octanol–water partition coefficient (Wildman–Crippen LogP) is 2.42. The Hall–Kier alpha value is -3.94. The third kappa shape index (κ3) is 4.32. The molecule has 0 atom stereocenters. The largest absolute Gasteiger partial charge is 0.384 e. The molecule has 3 aromatic rings. The number of aromatic nitrogens is 2. The molecule has 2 amide bonds. The Morgan fingerprint density at radius 1 is 1.07 bits per heavy atom. The molecule has 8 heteroatoms. The van der Waals surface area contributed by atoms with E-state index >= 15 is 0 Å². The van der Waals surface area contributed by atoms with Gasteiger partial charge < -0.3 is 16.0 Å². The molecule has 0 unspecified atom stereocenters. The molecule has 1 aromatic heterocycles. The molecule has 148 valence electrons. The fourth-order valence-corrected chi connectivity index (χ4v) is 2.81. The molecule has 29 heavy (non-hydrogen) atoms. The van der Waals surface area contributed by atoms with Crippen LogP contribution in [0.4, 0.5) is 5.69 Å². The topological polar surface area (TPSA) is 117 Å². The third-order valence-corrected chi connectivity index (χ3v) is 4.26. The summed E-state index contributed by atoms with van der Waals surface area (Å²) >= 11 is 0. The number of nitrogens with two attached hydrogens (primary N) is 1. The molecular weight excluding hydrogens is 368 g/mol. The molecule has 0 aliphatic rings. The van der Waals surface area contributed by atoms with Crippen molar-refractivity contribution >= 4 is 23.3 Å². The van der Waals surface area contributed by atoms with Gasteiger partial charge in [-0.15, -0.1) is 0 Å². The summed E-state index contributed by atoms with van der Waals surface area (Å²) in [6.45, 7) is 1.80. The average Bonchev–Trinajstić information content (AvgIpc) is 3.10. The highest BCUT2D eigenvalue weighted by Gasteiger charge is 2.16. The number of anilines is 1. The van der Waals surface area contributed by atoms with Crippen molar-refractivity contribution in [1.29, 1.82) is 5.41 Å². The number of carbonyl (C=O) groups is 2. The van der Waals surface area contributed by atoms with Crippen LogP contribution in [-0.2, 0) is 0 Å². The molecule has 0 spiro atoms. The predicted molar refractivity (Wildman–Crippen MR) is 112 cm³/mol. The fourth-order valence-electron chi connectivity index (χ4n) is 2.81. The van der Waals surface area contributed by atoms with Crippen LogP contribution in [0, 0.1) is 12.3 Å². The molecule has 0 aliphatic heterocycles. The monoisotopic (exact) mass is 390 g/mol. The number of amides is 2. The van der Waals surface area contributed by atoms with Crippen molar-refractivity contribution in [3.63, 3.8) is 0 Å². The summed E-state index contributed by atoms with van der Waals surface area (Å²) < 4.78 is 1.51. The number of nitrogens with one attached hydrogen (secondary N) is 2. The molecule has 8 nitrogen and oxygen atoms in total. The first-order valence-electron chi connectivity index (χ1n) is 8.91. The first-order chi connectivity index (χ1) is 13.8. The van der Waals surface area contributed by atoms with Gasteiger partial charge in [0.05, 0.1) is 11.4 Å². The van der Waals surface area contributed by atoms with E-state index in [9.17, 15) is 9.59 Å². The first kappa shape index (κ1) is 19.8. The van der Waals surface area contributed by atoms with Crippen LogP contribution in [0.25, 0.3) is 5.69 Å². The number of carbonyl (C=O) groups excluding carboxylic acids is 2. The van der Waals surface area contributed by atoms with Crippen molar-refractivity contribution in [2.24, 2.45) is 5.73 Å². The summed E-state index contributed by atoms with van der Waals surface area (Å²) in [7, 11) is 3.37. The van der Waals surface area contributed by atoms with E-state index in [0.29, 0.717) is 33.9 Å². The summed E-state index contributed by atoms with van der Waals surface area (Å²) in [4.78, 5) is 26.3. The van der Waals surface area contributed by atoms with Gasteiger partial charge in [-0.25, -0.2) is 4.68 Å². The minimum Gasteiger partial charge on any atom is -0.384 e. The van der Waals surface area contributed by atoms with Crippen molar-refractivity contribution in [2.75, 3.05) is 19.4 Å². The summed E-state index contributed by atoms with van der Waals surface area (Å²) in [5.74, 6) is -0.512. The second kappa shape index (κ2) is 7.97. The Balaban J connectivity index is 1.86. The standard InChI is InChI=1S/C21H22N6O2/c1-13-11-18(27(25-13)17-6-4-5-15(12-17)19(22)23)20(28)24-16-9-7-14(8-10-16)21(29)26(2)3/h4-12H,1-3H3,(H3,22,23)(H,24,28). The van der Waals surface area contributed by atoms with Gasteiger partial charge in [0.1, 0.15) is 11.5 Å². The zero-order chi connectivity index (χ0) is 21.1. The number of nitrogens with zero attached hydrogens (tertiary/aromatic N) is 3. The normalized spacial score (nSPS) is 10.4. The Morgan fingerprint density at radius 2 is 1.76 bits per heavy atom. The highest BCUT2D eigenvalue weighted by atomic mass is 16.2. The second-order valence-electron chi connectivity index (χ2n) is 6.78. The quantitative estimate of drug-likeness (QED) is 0.458. The van der Waals surface area contributed by atoms with Crippen molar-refractivity contribution in [2.45, 2.75) is 6.92 Å². The van der Waals surface area contributed by atoms with Crippen LogP contribution in [0.1, 0.15) is 32.1 Å². The van der Waals surface area contributed by atoms with E-state index in [4.69, 9.17) is 11.1 Å². The number of hydrogen-bond acceptors (Lipinski definition) is 4. The molecule has 1 heterocycles. The van der Waals surface area contributed by atoms with E-state index in [0.717, 1.165) is 0 Å². The summed E-state index contributed by atoms with van der Waals surface area (Å²) in [6, 6.07) is 15.3. The van der Waals surface area contributed by atoms with Gasteiger partial charge in [-0.3, -0.25) is 15.0 Å². The lowest BCUT2D eigenvalue weighted by molar-refractivity contribution is 0.0827. The minimum atomic E-state index is -0.342. The number of rotatable bonds is 5. The van der Waals surface area contributed by atoms with Gasteiger partial charge in [-0.1, -0.05) is 12.1 Å². The maximum atomic E-state index is 12.9. The molecule has 0 saturated carbocycles. The molecule has 0 radical (unpaired) electrons. The van der Waals surface area contributed by atoms with E-state index in [1.54, 1.807) is 75.6 Å². The lowest BCUT2D eigenvalue weighted by Crippen LogP contribution is -2.21. The van der Waals surface area contributed by atoms with Crippen LogP contribution in [0.2, 0.25) is 0 Å². The first-order valence-corrected chi connectivity index (χ1v) is 8.91. The van der Waals surface area contributed by atoms with Crippen LogP contribution < -0.4 is 11.1 Å². The van der Waals surface area contributed by atoms with Gasteiger partial charge >= 0.3 is 0 Å². The molecule has 0 aliphatic carbocycles. The van der Waals surface area contributed by atoms with Gasteiger partial charge in [0, 0.05) is 30.9 Å². The molecule has 3 rings (SSSR count). The van der Waals surface area contributed by atoms with E-state index in [2.05, 4.69) is 10.4 Å². The Morgan fingerprint density at radius 3 is 2.38 bits per heavy atom. The van der Waals surface area contributed by atoms with Crippen LogP contribution >= 0.6 is 0 Å². The van der Waals surface area contributed by atoms with E-state index < -0.39 is 0 Å². The fraction of sp³-hybridized carbons (Fsp3) is 0.143. The smallest absolute Gasteiger partial charge is 0.274 e. The van der Waals surface area contributed by atoms with Gasteiger partial charge in [0.15, 0.2) is 0 Å². The number of aryl methyl sites for hydroxylation is 1. The highest BCUT2D eigenvalue weighted by Crippen LogP contribution is 2.17. The molecule has 0 saturated heterocycles. The number of nitrogen functional groups attached to an aromatic ring is 1. The average molecular weight is 390 g/mol. The molecule has 4 N–H and O–H groups in total. The summed E-state index contributed by atoms with van der Waals surface area (Å²) in [6.07, 6.45) is 0. The zero-order valence-corrected chi connectivity index (χ0v) is 16.4. The zero-order valence-electron chi connectivity index (χ0n) is 16.4. The third-order valence-electron chi connectivity index (χ3n) is 4.26. The van der Waals surface area contributed by atoms with Crippen molar-refractivity contribution in [3.8, 4) is 5.69 Å². The summed E-state index contributed by atoms with van der Waals surface area (Å²) in [5, 5.41) is 14.8. The lowest BCUT2D eigenvalue weighted by atomic mass is 10.1. The Labute approximate surface area is 168 Å². The lowest BCUT2D eigenvalue weighted by Gasteiger charge is -2.12. The Kier molecular flexibility index (Phi) is 5.45. The Bertz CT molecular complexity index is 1080. The maximum Gasteiger partial charge on any atom is 0.274 e.